The molecule has 0 aliphatic heterocycles. The lowest BCUT2D eigenvalue weighted by Gasteiger charge is -2.10. The van der Waals surface area contributed by atoms with Crippen molar-refractivity contribution in [2.75, 3.05) is 13.3 Å². The van der Waals surface area contributed by atoms with Crippen molar-refractivity contribution < 1.29 is 9.13 Å². The molecule has 1 atom stereocenters. The normalized spacial score (nSPS) is 12.5. The van der Waals surface area contributed by atoms with Gasteiger partial charge in [0.1, 0.15) is 19.0 Å². The molecular formula is C12H18FNO. The second kappa shape index (κ2) is 6.40. The highest BCUT2D eigenvalue weighted by molar-refractivity contribution is 5.29. The number of ether oxygens (including phenoxy) is 1. The van der Waals surface area contributed by atoms with Crippen LogP contribution in [-0.4, -0.2) is 19.3 Å². The summed E-state index contributed by atoms with van der Waals surface area (Å²) in [5.41, 5.74) is 6.99. The van der Waals surface area contributed by atoms with Crippen molar-refractivity contribution in [3.8, 4) is 5.75 Å². The van der Waals surface area contributed by atoms with Crippen LogP contribution in [0.25, 0.3) is 0 Å². The summed E-state index contributed by atoms with van der Waals surface area (Å²) in [5.74, 6) is 0.716. The first-order valence-electron chi connectivity index (χ1n) is 5.29. The van der Waals surface area contributed by atoms with Crippen LogP contribution in [-0.2, 0) is 6.42 Å². The molecule has 1 unspecified atom stereocenters. The quantitative estimate of drug-likeness (QED) is 0.783. The van der Waals surface area contributed by atoms with Crippen molar-refractivity contribution in [3.63, 3.8) is 0 Å². The zero-order chi connectivity index (χ0) is 11.1. The van der Waals surface area contributed by atoms with E-state index in [2.05, 4.69) is 6.92 Å². The number of halogens is 1. The van der Waals surface area contributed by atoms with Crippen LogP contribution < -0.4 is 10.5 Å². The molecule has 0 fully saturated rings. The van der Waals surface area contributed by atoms with Crippen LogP contribution in [0.15, 0.2) is 24.3 Å². The fourth-order valence-corrected chi connectivity index (χ4v) is 1.37. The summed E-state index contributed by atoms with van der Waals surface area (Å²) < 4.78 is 17.1. The van der Waals surface area contributed by atoms with Crippen LogP contribution in [0.2, 0.25) is 0 Å². The maximum absolute atomic E-state index is 11.9. The van der Waals surface area contributed by atoms with Crippen LogP contribution >= 0.6 is 0 Å². The predicted octanol–water partition coefficient (Wildman–Crippen LogP) is 2.31. The van der Waals surface area contributed by atoms with Gasteiger partial charge in [-0.3, -0.25) is 0 Å². The van der Waals surface area contributed by atoms with Crippen molar-refractivity contribution in [2.24, 2.45) is 5.73 Å². The van der Waals surface area contributed by atoms with Gasteiger partial charge in [0.15, 0.2) is 0 Å². The minimum atomic E-state index is -0.460. The molecule has 15 heavy (non-hydrogen) atoms. The zero-order valence-corrected chi connectivity index (χ0v) is 9.08. The summed E-state index contributed by atoms with van der Waals surface area (Å²) in [6, 6.07) is 7.85. The van der Waals surface area contributed by atoms with E-state index in [0.717, 1.165) is 18.4 Å². The van der Waals surface area contributed by atoms with Gasteiger partial charge in [-0.2, -0.15) is 0 Å². The van der Waals surface area contributed by atoms with Crippen LogP contribution in [0.4, 0.5) is 4.39 Å². The molecule has 0 radical (unpaired) electrons. The third kappa shape index (κ3) is 4.30. The Morgan fingerprint density at radius 1 is 1.47 bits per heavy atom. The summed E-state index contributed by atoms with van der Waals surface area (Å²) in [5, 5.41) is 0. The molecule has 0 heterocycles. The third-order valence-electron chi connectivity index (χ3n) is 2.27. The van der Waals surface area contributed by atoms with Crippen LogP contribution in [0, 0.1) is 0 Å². The van der Waals surface area contributed by atoms with E-state index in [1.165, 1.54) is 0 Å². The van der Waals surface area contributed by atoms with Crippen LogP contribution in [0.5, 0.6) is 5.75 Å². The number of alkyl halides is 1. The Kier molecular flexibility index (Phi) is 5.12. The van der Waals surface area contributed by atoms with E-state index in [9.17, 15) is 4.39 Å². The Balaban J connectivity index is 2.57. The van der Waals surface area contributed by atoms with Gasteiger partial charge >= 0.3 is 0 Å². The highest BCUT2D eigenvalue weighted by atomic mass is 19.1. The molecule has 0 spiro atoms. The van der Waals surface area contributed by atoms with E-state index in [4.69, 9.17) is 10.5 Å². The predicted molar refractivity (Wildman–Crippen MR) is 59.9 cm³/mol. The smallest absolute Gasteiger partial charge is 0.123 e. The molecule has 1 rings (SSSR count). The molecule has 0 aliphatic rings. The summed E-state index contributed by atoms with van der Waals surface area (Å²) in [6.45, 7) is 1.72. The van der Waals surface area contributed by atoms with Crippen molar-refractivity contribution >= 4 is 0 Å². The maximum Gasteiger partial charge on any atom is 0.123 e. The first-order chi connectivity index (χ1) is 7.26. The van der Waals surface area contributed by atoms with Gasteiger partial charge in [0.25, 0.3) is 0 Å². The highest BCUT2D eigenvalue weighted by Crippen LogP contribution is 2.14. The van der Waals surface area contributed by atoms with Gasteiger partial charge in [0.2, 0.25) is 0 Å². The minimum absolute atomic E-state index is 0.114. The maximum atomic E-state index is 11.9. The van der Waals surface area contributed by atoms with E-state index < -0.39 is 6.67 Å². The van der Waals surface area contributed by atoms with Gasteiger partial charge in [0, 0.05) is 6.04 Å². The van der Waals surface area contributed by atoms with E-state index >= 15 is 0 Å². The van der Waals surface area contributed by atoms with Crippen LogP contribution in [0.1, 0.15) is 18.9 Å². The lowest BCUT2D eigenvalue weighted by molar-refractivity contribution is 0.273. The Labute approximate surface area is 90.2 Å². The van der Waals surface area contributed by atoms with Gasteiger partial charge in [0.05, 0.1) is 0 Å². The van der Waals surface area contributed by atoms with Gasteiger partial charge < -0.3 is 10.5 Å². The third-order valence-corrected chi connectivity index (χ3v) is 2.27. The average Bonchev–Trinajstić information content (AvgIpc) is 2.26. The van der Waals surface area contributed by atoms with E-state index in [1.807, 2.05) is 24.3 Å². The van der Waals surface area contributed by atoms with Crippen molar-refractivity contribution in [1.29, 1.82) is 0 Å². The van der Waals surface area contributed by atoms with E-state index in [0.29, 0.717) is 5.75 Å². The van der Waals surface area contributed by atoms with Crippen molar-refractivity contribution in [2.45, 2.75) is 25.8 Å². The Morgan fingerprint density at radius 2 is 2.27 bits per heavy atom. The molecule has 0 saturated carbocycles. The SMILES string of the molecule is CCC(N)Cc1cccc(OCCF)c1. The van der Waals surface area contributed by atoms with E-state index in [1.54, 1.807) is 0 Å². The second-order valence-corrected chi connectivity index (χ2v) is 3.56. The standard InChI is InChI=1S/C12H18FNO/c1-2-11(14)8-10-4-3-5-12(9-10)15-7-6-13/h3-5,9,11H,2,6-8,14H2,1H3. The van der Waals surface area contributed by atoms with Crippen LogP contribution in [0.3, 0.4) is 0 Å². The molecule has 2 nitrogen and oxygen atoms in total. The first-order valence-corrected chi connectivity index (χ1v) is 5.29. The molecule has 3 heteroatoms. The number of rotatable bonds is 6. The Hall–Kier alpha value is -1.09. The number of hydrogen-bond donors (Lipinski definition) is 1. The molecule has 0 saturated heterocycles. The number of nitrogens with two attached hydrogens (primary N) is 1. The van der Waals surface area contributed by atoms with E-state index in [-0.39, 0.29) is 12.6 Å². The van der Waals surface area contributed by atoms with Gasteiger partial charge in [-0.15, -0.1) is 0 Å². The summed E-state index contributed by atoms with van der Waals surface area (Å²) in [6.07, 6.45) is 1.79. The topological polar surface area (TPSA) is 35.2 Å². The molecule has 0 bridgehead atoms. The Bertz CT molecular complexity index is 291. The van der Waals surface area contributed by atoms with Gasteiger partial charge in [-0.25, -0.2) is 4.39 Å². The highest BCUT2D eigenvalue weighted by Gasteiger charge is 2.02. The summed E-state index contributed by atoms with van der Waals surface area (Å²) in [7, 11) is 0. The minimum Gasteiger partial charge on any atom is -0.491 e. The molecule has 1 aromatic rings. The molecule has 1 aromatic carbocycles. The van der Waals surface area contributed by atoms with Crippen molar-refractivity contribution in [3.05, 3.63) is 29.8 Å². The van der Waals surface area contributed by atoms with Gasteiger partial charge in [-0.1, -0.05) is 19.1 Å². The largest absolute Gasteiger partial charge is 0.491 e. The molecule has 84 valence electrons. The molecule has 0 aromatic heterocycles. The average molecular weight is 211 g/mol. The molecule has 2 N–H and O–H groups in total. The zero-order valence-electron chi connectivity index (χ0n) is 9.08. The summed E-state index contributed by atoms with van der Waals surface area (Å²) in [4.78, 5) is 0. The number of hydrogen-bond acceptors (Lipinski definition) is 2. The summed E-state index contributed by atoms with van der Waals surface area (Å²) >= 11 is 0. The van der Waals surface area contributed by atoms with Gasteiger partial charge in [-0.05, 0) is 30.5 Å². The lowest BCUT2D eigenvalue weighted by Crippen LogP contribution is -2.21. The Morgan fingerprint density at radius 3 is 2.93 bits per heavy atom. The molecule has 0 amide bonds. The second-order valence-electron chi connectivity index (χ2n) is 3.56. The number of benzene rings is 1. The molecular weight excluding hydrogens is 193 g/mol. The fourth-order valence-electron chi connectivity index (χ4n) is 1.37. The fraction of sp³-hybridized carbons (Fsp3) is 0.500. The first kappa shape index (κ1) is 12.0. The monoisotopic (exact) mass is 211 g/mol. The lowest BCUT2D eigenvalue weighted by atomic mass is 10.0. The van der Waals surface area contributed by atoms with Crippen molar-refractivity contribution in [1.82, 2.24) is 0 Å². The molecule has 0 aliphatic carbocycles.